The topological polar surface area (TPSA) is 44.0 Å². The van der Waals surface area contributed by atoms with Crippen molar-refractivity contribution in [2.24, 2.45) is 0 Å². The Morgan fingerprint density at radius 1 is 1.50 bits per heavy atom. The van der Waals surface area contributed by atoms with E-state index >= 15 is 0 Å². The number of hydrogen-bond acceptors (Lipinski definition) is 3. The van der Waals surface area contributed by atoms with Crippen molar-refractivity contribution in [3.63, 3.8) is 0 Å². The molecule has 0 spiro atoms. The molecule has 16 heavy (non-hydrogen) atoms. The number of nitrogens with one attached hydrogen (secondary N) is 2. The van der Waals surface area contributed by atoms with Crippen LogP contribution in [0.4, 0.5) is 0 Å². The quantitative estimate of drug-likeness (QED) is 0.742. The van der Waals surface area contributed by atoms with Gasteiger partial charge in [0.1, 0.15) is 0 Å². The summed E-state index contributed by atoms with van der Waals surface area (Å²) < 4.78 is 0. The first-order valence-corrected chi connectivity index (χ1v) is 6.08. The van der Waals surface area contributed by atoms with E-state index in [1.54, 1.807) is 6.20 Å². The van der Waals surface area contributed by atoms with Gasteiger partial charge in [0, 0.05) is 31.4 Å². The molecule has 1 heterocycles. The Balaban J connectivity index is 2.20. The highest BCUT2D eigenvalue weighted by Crippen LogP contribution is 2.06. The standard InChI is InChI=1S/C12H24N4/c1-5-10(2)16(4)9-8-13-11(3)12-6-7-14-15-12/h6-7,10-11,13H,5,8-9H2,1-4H3,(H,14,15). The van der Waals surface area contributed by atoms with Crippen molar-refractivity contribution < 1.29 is 0 Å². The number of likely N-dealkylation sites (N-methyl/N-ethyl adjacent to an activating group) is 1. The lowest BCUT2D eigenvalue weighted by Crippen LogP contribution is -2.35. The second kappa shape index (κ2) is 6.66. The van der Waals surface area contributed by atoms with Gasteiger partial charge in [0.15, 0.2) is 0 Å². The van der Waals surface area contributed by atoms with Gasteiger partial charge < -0.3 is 10.2 Å². The molecule has 0 aliphatic carbocycles. The molecule has 1 rings (SSSR count). The van der Waals surface area contributed by atoms with Crippen molar-refractivity contribution in [1.82, 2.24) is 20.4 Å². The molecular formula is C12H24N4. The molecule has 0 aliphatic heterocycles. The van der Waals surface area contributed by atoms with Gasteiger partial charge in [-0.05, 0) is 33.4 Å². The van der Waals surface area contributed by atoms with Crippen LogP contribution in [0.15, 0.2) is 12.3 Å². The van der Waals surface area contributed by atoms with E-state index in [-0.39, 0.29) is 0 Å². The SMILES string of the molecule is CCC(C)N(C)CCNC(C)c1ccn[nH]1. The summed E-state index contributed by atoms with van der Waals surface area (Å²) in [5.41, 5.74) is 1.14. The van der Waals surface area contributed by atoms with E-state index < -0.39 is 0 Å². The van der Waals surface area contributed by atoms with Gasteiger partial charge in [-0.25, -0.2) is 0 Å². The second-order valence-corrected chi connectivity index (χ2v) is 4.43. The number of rotatable bonds is 7. The summed E-state index contributed by atoms with van der Waals surface area (Å²) in [4.78, 5) is 2.38. The highest BCUT2D eigenvalue weighted by molar-refractivity contribution is 5.02. The molecule has 1 aromatic heterocycles. The summed E-state index contributed by atoms with van der Waals surface area (Å²) in [5, 5.41) is 10.4. The van der Waals surface area contributed by atoms with Gasteiger partial charge in [0.05, 0.1) is 5.69 Å². The lowest BCUT2D eigenvalue weighted by molar-refractivity contribution is 0.249. The molecule has 0 radical (unpaired) electrons. The van der Waals surface area contributed by atoms with E-state index in [0.29, 0.717) is 12.1 Å². The molecule has 1 aromatic rings. The fraction of sp³-hybridized carbons (Fsp3) is 0.750. The van der Waals surface area contributed by atoms with E-state index in [0.717, 1.165) is 18.8 Å². The number of nitrogens with zero attached hydrogens (tertiary/aromatic N) is 2. The number of H-pyrrole nitrogens is 1. The average Bonchev–Trinajstić information content (AvgIpc) is 2.81. The Morgan fingerprint density at radius 2 is 2.25 bits per heavy atom. The molecule has 0 aromatic carbocycles. The monoisotopic (exact) mass is 224 g/mol. The normalized spacial score (nSPS) is 15.3. The molecule has 4 heteroatoms. The Labute approximate surface area is 98.4 Å². The highest BCUT2D eigenvalue weighted by Gasteiger charge is 2.08. The zero-order valence-corrected chi connectivity index (χ0v) is 10.8. The maximum Gasteiger partial charge on any atom is 0.0518 e. The van der Waals surface area contributed by atoms with Crippen LogP contribution in [0.1, 0.15) is 38.9 Å². The molecule has 0 fully saturated rings. The summed E-state index contributed by atoms with van der Waals surface area (Å²) >= 11 is 0. The molecule has 2 N–H and O–H groups in total. The van der Waals surface area contributed by atoms with Crippen LogP contribution < -0.4 is 5.32 Å². The molecule has 2 unspecified atom stereocenters. The summed E-state index contributed by atoms with van der Waals surface area (Å²) in [6.07, 6.45) is 2.99. The maximum absolute atomic E-state index is 3.95. The zero-order chi connectivity index (χ0) is 12.0. The number of aromatic nitrogens is 2. The van der Waals surface area contributed by atoms with Crippen molar-refractivity contribution in [1.29, 1.82) is 0 Å². The Kier molecular flexibility index (Phi) is 5.49. The minimum Gasteiger partial charge on any atom is -0.308 e. The fourth-order valence-electron chi connectivity index (χ4n) is 1.61. The molecule has 0 amide bonds. The fourth-order valence-corrected chi connectivity index (χ4v) is 1.61. The van der Waals surface area contributed by atoms with Crippen molar-refractivity contribution >= 4 is 0 Å². The van der Waals surface area contributed by atoms with Crippen molar-refractivity contribution in [2.75, 3.05) is 20.1 Å². The van der Waals surface area contributed by atoms with Crippen LogP contribution >= 0.6 is 0 Å². The largest absolute Gasteiger partial charge is 0.308 e. The van der Waals surface area contributed by atoms with Crippen LogP contribution in [0.2, 0.25) is 0 Å². The Bertz CT molecular complexity index is 271. The molecule has 4 nitrogen and oxygen atoms in total. The number of hydrogen-bond donors (Lipinski definition) is 2. The highest BCUT2D eigenvalue weighted by atomic mass is 15.2. The molecule has 0 saturated carbocycles. The van der Waals surface area contributed by atoms with Gasteiger partial charge in [0.2, 0.25) is 0 Å². The lowest BCUT2D eigenvalue weighted by Gasteiger charge is -2.24. The van der Waals surface area contributed by atoms with E-state index in [9.17, 15) is 0 Å². The molecule has 0 saturated heterocycles. The Hall–Kier alpha value is -0.870. The zero-order valence-electron chi connectivity index (χ0n) is 10.8. The summed E-state index contributed by atoms with van der Waals surface area (Å²) in [6, 6.07) is 3.01. The van der Waals surface area contributed by atoms with Gasteiger partial charge in [-0.15, -0.1) is 0 Å². The first kappa shape index (κ1) is 13.2. The van der Waals surface area contributed by atoms with E-state index in [4.69, 9.17) is 0 Å². The van der Waals surface area contributed by atoms with Gasteiger partial charge in [-0.2, -0.15) is 5.10 Å². The van der Waals surface area contributed by atoms with Crippen LogP contribution in [0.5, 0.6) is 0 Å². The van der Waals surface area contributed by atoms with Crippen LogP contribution in [-0.2, 0) is 0 Å². The van der Waals surface area contributed by atoms with Gasteiger partial charge >= 0.3 is 0 Å². The molecule has 0 aliphatic rings. The summed E-state index contributed by atoms with van der Waals surface area (Å²) in [5.74, 6) is 0. The summed E-state index contributed by atoms with van der Waals surface area (Å²) in [6.45, 7) is 8.71. The van der Waals surface area contributed by atoms with Crippen molar-refractivity contribution in [3.05, 3.63) is 18.0 Å². The van der Waals surface area contributed by atoms with Crippen LogP contribution in [-0.4, -0.2) is 41.3 Å². The molecule has 2 atom stereocenters. The van der Waals surface area contributed by atoms with Gasteiger partial charge in [-0.1, -0.05) is 6.92 Å². The first-order chi connectivity index (χ1) is 7.65. The molecular weight excluding hydrogens is 200 g/mol. The van der Waals surface area contributed by atoms with Crippen LogP contribution in [0, 0.1) is 0 Å². The molecule has 0 bridgehead atoms. The predicted octanol–water partition coefficient (Wildman–Crippen LogP) is 1.79. The average molecular weight is 224 g/mol. The molecule has 92 valence electrons. The van der Waals surface area contributed by atoms with Crippen molar-refractivity contribution in [2.45, 2.75) is 39.3 Å². The number of aromatic amines is 1. The third-order valence-corrected chi connectivity index (χ3v) is 3.25. The van der Waals surface area contributed by atoms with Crippen LogP contribution in [0.3, 0.4) is 0 Å². The third-order valence-electron chi connectivity index (χ3n) is 3.25. The van der Waals surface area contributed by atoms with E-state index in [1.165, 1.54) is 6.42 Å². The minimum atomic E-state index is 0.341. The third kappa shape index (κ3) is 3.94. The van der Waals surface area contributed by atoms with E-state index in [2.05, 4.69) is 48.2 Å². The Morgan fingerprint density at radius 3 is 2.81 bits per heavy atom. The van der Waals surface area contributed by atoms with Crippen LogP contribution in [0.25, 0.3) is 0 Å². The summed E-state index contributed by atoms with van der Waals surface area (Å²) in [7, 11) is 2.18. The second-order valence-electron chi connectivity index (χ2n) is 4.43. The van der Waals surface area contributed by atoms with Gasteiger partial charge in [0.25, 0.3) is 0 Å². The lowest BCUT2D eigenvalue weighted by atomic mass is 10.2. The maximum atomic E-state index is 3.95. The van der Waals surface area contributed by atoms with E-state index in [1.807, 2.05) is 6.07 Å². The first-order valence-electron chi connectivity index (χ1n) is 6.08. The van der Waals surface area contributed by atoms with Crippen molar-refractivity contribution in [3.8, 4) is 0 Å². The van der Waals surface area contributed by atoms with Gasteiger partial charge in [-0.3, -0.25) is 5.10 Å². The smallest absolute Gasteiger partial charge is 0.0518 e. The minimum absolute atomic E-state index is 0.341. The predicted molar refractivity (Wildman–Crippen MR) is 67.4 cm³/mol.